The van der Waals surface area contributed by atoms with Gasteiger partial charge >= 0.3 is 6.18 Å². The molecule has 0 spiro atoms. The molecule has 0 aliphatic heterocycles. The molecule has 0 radical (unpaired) electrons. The third-order valence-corrected chi connectivity index (χ3v) is 6.74. The molecule has 0 nitrogen and oxygen atoms in total. The summed E-state index contributed by atoms with van der Waals surface area (Å²) >= 11 is 0. The van der Waals surface area contributed by atoms with Crippen molar-refractivity contribution in [2.75, 3.05) is 0 Å². The summed E-state index contributed by atoms with van der Waals surface area (Å²) in [5.41, 5.74) is 2.09. The summed E-state index contributed by atoms with van der Waals surface area (Å²) in [5.74, 6) is -1.92. The van der Waals surface area contributed by atoms with Crippen molar-refractivity contribution in [3.8, 4) is 0 Å². The minimum atomic E-state index is -4.75. The van der Waals surface area contributed by atoms with Crippen LogP contribution in [-0.4, -0.2) is 0 Å². The Morgan fingerprint density at radius 3 is 1.86 bits per heavy atom. The van der Waals surface area contributed by atoms with Crippen LogP contribution in [0.15, 0.2) is 66.7 Å². The molecule has 0 bridgehead atoms. The first kappa shape index (κ1) is 26.8. The standard InChI is InChI=1S/C31H28F6/c1-2-3-4-20-5-10-23(28(32)18-20)11-6-21-8-15-26-25(17-21)14-13-24(30(26)34)12-7-22-9-16-27(29(33)19-22)31(35,36)37/h5,8-10,13-19H,2-4,6-7,11-12H2,1H3. The van der Waals surface area contributed by atoms with E-state index in [4.69, 9.17) is 0 Å². The molecule has 0 amide bonds. The number of unbranched alkanes of at least 4 members (excludes halogenated alkanes) is 1. The SMILES string of the molecule is CCCCc1ccc(CCc2ccc3c(F)c(CCc4ccc(C(F)(F)F)c(F)c4)ccc3c2)c(F)c1. The van der Waals surface area contributed by atoms with Crippen LogP contribution in [-0.2, 0) is 38.3 Å². The molecule has 0 fully saturated rings. The van der Waals surface area contributed by atoms with Gasteiger partial charge in [-0.1, -0.05) is 61.9 Å². The third-order valence-electron chi connectivity index (χ3n) is 6.74. The van der Waals surface area contributed by atoms with Crippen LogP contribution in [0.2, 0.25) is 0 Å². The van der Waals surface area contributed by atoms with E-state index < -0.39 is 23.4 Å². The van der Waals surface area contributed by atoms with Crippen molar-refractivity contribution >= 4 is 10.8 Å². The number of hydrogen-bond acceptors (Lipinski definition) is 0. The highest BCUT2D eigenvalue weighted by Crippen LogP contribution is 2.32. The number of rotatable bonds is 9. The van der Waals surface area contributed by atoms with Gasteiger partial charge in [0.15, 0.2) is 0 Å². The number of fused-ring (bicyclic) bond motifs is 1. The highest BCUT2D eigenvalue weighted by atomic mass is 19.4. The molecule has 0 saturated carbocycles. The first-order valence-electron chi connectivity index (χ1n) is 12.5. The van der Waals surface area contributed by atoms with E-state index in [2.05, 4.69) is 6.92 Å². The summed E-state index contributed by atoms with van der Waals surface area (Å²) in [4.78, 5) is 0. The molecule has 4 aromatic carbocycles. The second-order valence-electron chi connectivity index (χ2n) is 9.44. The summed E-state index contributed by atoms with van der Waals surface area (Å²) in [5, 5.41) is 1.15. The highest BCUT2D eigenvalue weighted by Gasteiger charge is 2.33. The molecule has 0 atom stereocenters. The molecular weight excluding hydrogens is 486 g/mol. The van der Waals surface area contributed by atoms with Crippen molar-refractivity contribution in [1.29, 1.82) is 0 Å². The van der Waals surface area contributed by atoms with Crippen LogP contribution in [0.4, 0.5) is 26.3 Å². The van der Waals surface area contributed by atoms with Crippen LogP contribution in [0, 0.1) is 17.5 Å². The zero-order chi connectivity index (χ0) is 26.6. The Hall–Kier alpha value is -3.28. The summed E-state index contributed by atoms with van der Waals surface area (Å²) < 4.78 is 81.8. The molecule has 0 saturated heterocycles. The van der Waals surface area contributed by atoms with Gasteiger partial charge < -0.3 is 0 Å². The Morgan fingerprint density at radius 2 is 1.19 bits per heavy atom. The smallest absolute Gasteiger partial charge is 0.207 e. The van der Waals surface area contributed by atoms with E-state index in [-0.39, 0.29) is 18.7 Å². The molecule has 0 unspecified atom stereocenters. The van der Waals surface area contributed by atoms with Crippen LogP contribution >= 0.6 is 0 Å². The predicted octanol–water partition coefficient (Wildman–Crippen LogP) is 9.19. The molecule has 4 rings (SSSR count). The summed E-state index contributed by atoms with van der Waals surface area (Å²) in [6.07, 6.45) is -0.208. The second kappa shape index (κ2) is 11.4. The van der Waals surface area contributed by atoms with Gasteiger partial charge in [-0.2, -0.15) is 13.2 Å². The summed E-state index contributed by atoms with van der Waals surface area (Å²) in [7, 11) is 0. The Labute approximate surface area is 213 Å². The Balaban J connectivity index is 1.42. The van der Waals surface area contributed by atoms with Gasteiger partial charge in [0.2, 0.25) is 0 Å². The van der Waals surface area contributed by atoms with Gasteiger partial charge in [-0.25, -0.2) is 13.2 Å². The molecule has 37 heavy (non-hydrogen) atoms. The highest BCUT2D eigenvalue weighted by molar-refractivity contribution is 5.84. The molecule has 0 N–H and O–H groups in total. The van der Waals surface area contributed by atoms with Crippen molar-refractivity contribution in [2.24, 2.45) is 0 Å². The van der Waals surface area contributed by atoms with Gasteiger partial charge in [0.05, 0.1) is 5.56 Å². The lowest BCUT2D eigenvalue weighted by molar-refractivity contribution is -0.140. The number of alkyl halides is 3. The van der Waals surface area contributed by atoms with Gasteiger partial charge in [-0.15, -0.1) is 0 Å². The molecule has 0 aliphatic rings. The minimum absolute atomic E-state index is 0.196. The molecule has 0 aliphatic carbocycles. The third kappa shape index (κ3) is 6.54. The predicted molar refractivity (Wildman–Crippen MR) is 135 cm³/mol. The van der Waals surface area contributed by atoms with E-state index in [9.17, 15) is 22.0 Å². The fourth-order valence-electron chi connectivity index (χ4n) is 4.57. The monoisotopic (exact) mass is 514 g/mol. The molecule has 4 aromatic rings. The quantitative estimate of drug-likeness (QED) is 0.195. The first-order valence-corrected chi connectivity index (χ1v) is 12.5. The largest absolute Gasteiger partial charge is 0.419 e. The van der Waals surface area contributed by atoms with Gasteiger partial charge in [0.1, 0.15) is 17.5 Å². The van der Waals surface area contributed by atoms with E-state index in [1.165, 1.54) is 6.07 Å². The fourth-order valence-corrected chi connectivity index (χ4v) is 4.57. The maximum absolute atomic E-state index is 15.2. The van der Waals surface area contributed by atoms with Gasteiger partial charge in [0, 0.05) is 5.39 Å². The molecule has 0 aromatic heterocycles. The van der Waals surface area contributed by atoms with E-state index in [0.29, 0.717) is 34.9 Å². The summed E-state index contributed by atoms with van der Waals surface area (Å²) in [6, 6.07) is 17.1. The van der Waals surface area contributed by atoms with Gasteiger partial charge in [0.25, 0.3) is 0 Å². The van der Waals surface area contributed by atoms with Crippen LogP contribution in [0.25, 0.3) is 10.8 Å². The minimum Gasteiger partial charge on any atom is -0.207 e. The van der Waals surface area contributed by atoms with Crippen molar-refractivity contribution in [3.05, 3.63) is 118 Å². The molecular formula is C31H28F6. The van der Waals surface area contributed by atoms with Crippen LogP contribution in [0.1, 0.15) is 53.1 Å². The Morgan fingerprint density at radius 1 is 0.595 bits per heavy atom. The van der Waals surface area contributed by atoms with Gasteiger partial charge in [-0.05, 0) is 89.9 Å². The zero-order valence-electron chi connectivity index (χ0n) is 20.6. The van der Waals surface area contributed by atoms with Crippen molar-refractivity contribution < 1.29 is 26.3 Å². The van der Waals surface area contributed by atoms with E-state index >= 15 is 4.39 Å². The Bertz CT molecular complexity index is 1390. The van der Waals surface area contributed by atoms with Gasteiger partial charge in [-0.3, -0.25) is 0 Å². The number of hydrogen-bond donors (Lipinski definition) is 0. The van der Waals surface area contributed by atoms with Crippen LogP contribution in [0.3, 0.4) is 0 Å². The zero-order valence-corrected chi connectivity index (χ0v) is 20.6. The second-order valence-corrected chi connectivity index (χ2v) is 9.44. The van der Waals surface area contributed by atoms with Crippen molar-refractivity contribution in [2.45, 2.75) is 58.0 Å². The lowest BCUT2D eigenvalue weighted by Crippen LogP contribution is -2.08. The topological polar surface area (TPSA) is 0 Å². The lowest BCUT2D eigenvalue weighted by Gasteiger charge is -2.11. The number of benzene rings is 4. The molecule has 6 heteroatoms. The number of aryl methyl sites for hydroxylation is 5. The maximum atomic E-state index is 15.2. The van der Waals surface area contributed by atoms with Crippen molar-refractivity contribution in [1.82, 2.24) is 0 Å². The van der Waals surface area contributed by atoms with Crippen LogP contribution in [0.5, 0.6) is 0 Å². The molecule has 0 heterocycles. The van der Waals surface area contributed by atoms with E-state index in [0.717, 1.165) is 47.9 Å². The Kier molecular flexibility index (Phi) is 8.25. The first-order chi connectivity index (χ1) is 17.7. The average molecular weight is 515 g/mol. The normalized spacial score (nSPS) is 11.9. The lowest BCUT2D eigenvalue weighted by atomic mass is 9.96. The maximum Gasteiger partial charge on any atom is 0.419 e. The van der Waals surface area contributed by atoms with E-state index in [1.807, 2.05) is 24.3 Å². The van der Waals surface area contributed by atoms with Crippen molar-refractivity contribution in [3.63, 3.8) is 0 Å². The molecule has 194 valence electrons. The fraction of sp³-hybridized carbons (Fsp3) is 0.290. The van der Waals surface area contributed by atoms with E-state index in [1.54, 1.807) is 24.3 Å². The average Bonchev–Trinajstić information content (AvgIpc) is 2.85. The van der Waals surface area contributed by atoms with Crippen LogP contribution < -0.4 is 0 Å². The summed E-state index contributed by atoms with van der Waals surface area (Å²) in [6.45, 7) is 2.10. The number of halogens is 6.